The van der Waals surface area contributed by atoms with Gasteiger partial charge in [-0.25, -0.2) is 4.98 Å². The van der Waals surface area contributed by atoms with Gasteiger partial charge in [-0.1, -0.05) is 23.2 Å². The minimum atomic E-state index is -1.03. The van der Waals surface area contributed by atoms with Gasteiger partial charge in [0.1, 0.15) is 17.1 Å². The lowest BCUT2D eigenvalue weighted by Crippen LogP contribution is -2.31. The molecule has 0 spiro atoms. The molecule has 0 saturated carbocycles. The highest BCUT2D eigenvalue weighted by Crippen LogP contribution is 2.35. The summed E-state index contributed by atoms with van der Waals surface area (Å²) in [6.45, 7) is 1.01. The van der Waals surface area contributed by atoms with Gasteiger partial charge < -0.3 is 10.0 Å². The van der Waals surface area contributed by atoms with E-state index in [4.69, 9.17) is 23.2 Å². The van der Waals surface area contributed by atoms with Gasteiger partial charge in [0.05, 0.1) is 22.8 Å². The van der Waals surface area contributed by atoms with Gasteiger partial charge in [-0.2, -0.15) is 15.4 Å². The lowest BCUT2D eigenvalue weighted by atomic mass is 10.0. The molecule has 0 amide bonds. The molecule has 1 aliphatic heterocycles. The predicted molar refractivity (Wildman–Crippen MR) is 71.4 cm³/mol. The van der Waals surface area contributed by atoms with Crippen molar-refractivity contribution in [3.05, 3.63) is 34.2 Å². The van der Waals surface area contributed by atoms with Crippen LogP contribution < -0.4 is 4.90 Å². The highest BCUT2D eigenvalue weighted by Gasteiger charge is 2.40. The Morgan fingerprint density at radius 2 is 2.21 bits per heavy atom. The molecular formula is C11H11Cl2N5O. The van der Waals surface area contributed by atoms with Crippen LogP contribution in [0.15, 0.2) is 18.5 Å². The number of aliphatic hydroxyl groups is 1. The molecular weight excluding hydrogens is 289 g/mol. The molecule has 19 heavy (non-hydrogen) atoms. The van der Waals surface area contributed by atoms with Crippen molar-refractivity contribution in [3.8, 4) is 0 Å². The van der Waals surface area contributed by atoms with E-state index in [9.17, 15) is 5.11 Å². The van der Waals surface area contributed by atoms with Gasteiger partial charge >= 0.3 is 0 Å². The number of H-pyrrole nitrogens is 1. The molecule has 1 aliphatic rings. The highest BCUT2D eigenvalue weighted by atomic mass is 35.5. The van der Waals surface area contributed by atoms with Crippen LogP contribution in [0.2, 0.25) is 10.0 Å². The number of halogens is 2. The maximum atomic E-state index is 10.6. The van der Waals surface area contributed by atoms with Crippen molar-refractivity contribution in [2.75, 3.05) is 18.0 Å². The molecule has 3 heterocycles. The number of rotatable bonds is 2. The fourth-order valence-corrected chi connectivity index (χ4v) is 2.75. The van der Waals surface area contributed by atoms with Gasteiger partial charge in [0.15, 0.2) is 0 Å². The van der Waals surface area contributed by atoms with Crippen molar-refractivity contribution in [3.63, 3.8) is 0 Å². The molecule has 0 radical (unpaired) electrons. The molecule has 1 atom stereocenters. The summed E-state index contributed by atoms with van der Waals surface area (Å²) >= 11 is 11.9. The zero-order chi connectivity index (χ0) is 13.5. The maximum absolute atomic E-state index is 10.6. The molecule has 6 nitrogen and oxygen atoms in total. The number of aromatic amines is 1. The Bertz CT molecular complexity index is 591. The molecule has 8 heteroatoms. The Morgan fingerprint density at radius 1 is 1.37 bits per heavy atom. The standard InChI is InChI=1S/C11H11Cl2N5O/c12-7-3-8(13)10(14-4-7)18-2-1-11(19,6-18)9-5-15-17-16-9/h3-5,19H,1-2,6H2,(H,15,16,17)/t11-/m1/s1. The third-order valence-electron chi connectivity index (χ3n) is 3.23. The Morgan fingerprint density at radius 3 is 2.89 bits per heavy atom. The zero-order valence-electron chi connectivity index (χ0n) is 9.85. The number of nitrogens with one attached hydrogen (secondary N) is 1. The van der Waals surface area contributed by atoms with E-state index in [2.05, 4.69) is 20.4 Å². The summed E-state index contributed by atoms with van der Waals surface area (Å²) in [6, 6.07) is 1.64. The van der Waals surface area contributed by atoms with Crippen LogP contribution in [-0.2, 0) is 5.60 Å². The SMILES string of the molecule is O[C@]1(c2cn[nH]n2)CCN(c2ncc(Cl)cc2Cl)C1. The summed E-state index contributed by atoms with van der Waals surface area (Å²) < 4.78 is 0. The fourth-order valence-electron chi connectivity index (χ4n) is 2.25. The summed E-state index contributed by atoms with van der Waals surface area (Å²) in [4.78, 5) is 6.12. The maximum Gasteiger partial charge on any atom is 0.147 e. The summed E-state index contributed by atoms with van der Waals surface area (Å²) in [5.74, 6) is 0.616. The molecule has 0 bridgehead atoms. The number of anilines is 1. The third-order valence-corrected chi connectivity index (χ3v) is 3.71. The number of pyridine rings is 1. The Balaban J connectivity index is 1.86. The number of nitrogens with zero attached hydrogens (tertiary/aromatic N) is 4. The minimum Gasteiger partial charge on any atom is -0.381 e. The summed E-state index contributed by atoms with van der Waals surface area (Å²) in [5.41, 5.74) is -0.502. The van der Waals surface area contributed by atoms with Crippen LogP contribution in [-0.4, -0.2) is 38.6 Å². The number of hydrogen-bond acceptors (Lipinski definition) is 5. The van der Waals surface area contributed by atoms with Crippen LogP contribution in [0.5, 0.6) is 0 Å². The summed E-state index contributed by atoms with van der Waals surface area (Å²) in [7, 11) is 0. The van der Waals surface area contributed by atoms with Crippen LogP contribution in [0.4, 0.5) is 5.82 Å². The van der Waals surface area contributed by atoms with Gasteiger partial charge in [0.25, 0.3) is 0 Å². The molecule has 2 aromatic heterocycles. The molecule has 0 unspecified atom stereocenters. The summed E-state index contributed by atoms with van der Waals surface area (Å²) in [6.07, 6.45) is 3.61. The number of aromatic nitrogens is 4. The molecule has 0 aromatic carbocycles. The zero-order valence-corrected chi connectivity index (χ0v) is 11.4. The first-order valence-electron chi connectivity index (χ1n) is 5.73. The lowest BCUT2D eigenvalue weighted by molar-refractivity contribution is 0.0559. The monoisotopic (exact) mass is 299 g/mol. The van der Waals surface area contributed by atoms with Gasteiger partial charge in [-0.3, -0.25) is 0 Å². The van der Waals surface area contributed by atoms with Gasteiger partial charge in [-0.05, 0) is 6.07 Å². The van der Waals surface area contributed by atoms with Crippen LogP contribution in [0.3, 0.4) is 0 Å². The number of β-amino-alcohol motifs (C(OH)–C–C–N with tert-alkyl or cyclic N) is 1. The Kier molecular flexibility index (Phi) is 3.08. The Hall–Kier alpha value is -1.37. The van der Waals surface area contributed by atoms with E-state index in [1.165, 1.54) is 12.4 Å². The van der Waals surface area contributed by atoms with E-state index in [1.54, 1.807) is 6.07 Å². The van der Waals surface area contributed by atoms with Crippen LogP contribution in [0.1, 0.15) is 12.1 Å². The molecule has 1 fully saturated rings. The van der Waals surface area contributed by atoms with E-state index in [0.717, 1.165) is 0 Å². The lowest BCUT2D eigenvalue weighted by Gasteiger charge is -2.22. The smallest absolute Gasteiger partial charge is 0.147 e. The van der Waals surface area contributed by atoms with Crippen molar-refractivity contribution >= 4 is 29.0 Å². The molecule has 2 N–H and O–H groups in total. The van der Waals surface area contributed by atoms with Crippen LogP contribution in [0.25, 0.3) is 0 Å². The average molecular weight is 300 g/mol. The first-order chi connectivity index (χ1) is 9.08. The van der Waals surface area contributed by atoms with Gasteiger partial charge in [-0.15, -0.1) is 0 Å². The van der Waals surface area contributed by atoms with Crippen LogP contribution >= 0.6 is 23.2 Å². The van der Waals surface area contributed by atoms with E-state index in [1.807, 2.05) is 4.90 Å². The summed E-state index contributed by atoms with van der Waals surface area (Å²) in [5, 5.41) is 21.7. The average Bonchev–Trinajstić information content (AvgIpc) is 2.99. The quantitative estimate of drug-likeness (QED) is 0.881. The normalized spacial score (nSPS) is 23.0. The van der Waals surface area contributed by atoms with Gasteiger partial charge in [0.2, 0.25) is 0 Å². The molecule has 100 valence electrons. The number of hydrogen-bond donors (Lipinski definition) is 2. The fraction of sp³-hybridized carbons (Fsp3) is 0.364. The topological polar surface area (TPSA) is 77.9 Å². The molecule has 3 rings (SSSR count). The Labute approximate surface area is 119 Å². The van der Waals surface area contributed by atoms with Crippen molar-refractivity contribution in [2.24, 2.45) is 0 Å². The largest absolute Gasteiger partial charge is 0.381 e. The van der Waals surface area contributed by atoms with Crippen molar-refractivity contribution in [1.29, 1.82) is 0 Å². The second-order valence-corrected chi connectivity index (χ2v) is 5.36. The highest BCUT2D eigenvalue weighted by molar-refractivity contribution is 6.36. The predicted octanol–water partition coefficient (Wildman–Crippen LogP) is 1.60. The second-order valence-electron chi connectivity index (χ2n) is 4.52. The van der Waals surface area contributed by atoms with Crippen LogP contribution in [0, 0.1) is 0 Å². The van der Waals surface area contributed by atoms with Crippen molar-refractivity contribution < 1.29 is 5.11 Å². The van der Waals surface area contributed by atoms with Gasteiger partial charge in [0, 0.05) is 19.2 Å². The molecule has 1 saturated heterocycles. The second kappa shape index (κ2) is 4.63. The first kappa shape index (κ1) is 12.7. The minimum absolute atomic E-state index is 0.369. The van der Waals surface area contributed by atoms with E-state index >= 15 is 0 Å². The molecule has 0 aliphatic carbocycles. The first-order valence-corrected chi connectivity index (χ1v) is 6.49. The van der Waals surface area contributed by atoms with Crippen molar-refractivity contribution in [2.45, 2.75) is 12.0 Å². The van der Waals surface area contributed by atoms with E-state index in [0.29, 0.717) is 41.1 Å². The third kappa shape index (κ3) is 2.27. The van der Waals surface area contributed by atoms with Crippen molar-refractivity contribution in [1.82, 2.24) is 20.4 Å². The van der Waals surface area contributed by atoms with E-state index < -0.39 is 5.60 Å². The molecule has 2 aromatic rings. The van der Waals surface area contributed by atoms with E-state index in [-0.39, 0.29) is 0 Å².